The van der Waals surface area contributed by atoms with Crippen LogP contribution in [0.3, 0.4) is 0 Å². The number of aryl methyl sites for hydroxylation is 2. The summed E-state index contributed by atoms with van der Waals surface area (Å²) in [6.45, 7) is 14.7. The van der Waals surface area contributed by atoms with Crippen molar-refractivity contribution in [1.82, 2.24) is 45.1 Å². The van der Waals surface area contributed by atoms with Crippen molar-refractivity contribution >= 4 is 62.6 Å². The first-order valence-electron chi connectivity index (χ1n) is 30.2. The minimum Gasteiger partial charge on any atom is -0.461 e. The number of amides is 3. The van der Waals surface area contributed by atoms with Gasteiger partial charge in [0.05, 0.1) is 39.2 Å². The van der Waals surface area contributed by atoms with Crippen LogP contribution >= 0.6 is 11.3 Å². The quantitative estimate of drug-likeness (QED) is 0.0927. The number of pyridine rings is 1. The number of rotatable bonds is 16. The van der Waals surface area contributed by atoms with Crippen LogP contribution in [0.25, 0.3) is 43.4 Å². The zero-order chi connectivity index (χ0) is 58.2. The van der Waals surface area contributed by atoms with Gasteiger partial charge in [0.15, 0.2) is 17.4 Å². The second-order valence-electron chi connectivity index (χ2n) is 24.0. The summed E-state index contributed by atoms with van der Waals surface area (Å²) in [5.41, 5.74) is 6.80. The molecule has 7 aromatic rings. The van der Waals surface area contributed by atoms with Gasteiger partial charge in [-0.3, -0.25) is 19.5 Å². The first-order chi connectivity index (χ1) is 40.8. The van der Waals surface area contributed by atoms with E-state index < -0.39 is 23.9 Å². The van der Waals surface area contributed by atoms with Crippen molar-refractivity contribution in [2.24, 2.45) is 5.92 Å². The van der Waals surface area contributed by atoms with E-state index in [0.29, 0.717) is 55.6 Å². The normalized spacial score (nSPS) is 22.0. The lowest BCUT2D eigenvalue weighted by atomic mass is 9.91. The van der Waals surface area contributed by atoms with Crippen LogP contribution in [0.5, 0.6) is 6.01 Å². The highest BCUT2D eigenvalue weighted by atomic mass is 32.1. The Morgan fingerprint density at radius 3 is 2.42 bits per heavy atom. The number of nitrogens with zero attached hydrogens (tertiary/aromatic N) is 10. The molecule has 442 valence electrons. The lowest BCUT2D eigenvalue weighted by Gasteiger charge is -2.36. The summed E-state index contributed by atoms with van der Waals surface area (Å²) in [6, 6.07) is 20.9. The fourth-order valence-electron chi connectivity index (χ4n) is 13.8. The zero-order valence-corrected chi connectivity index (χ0v) is 49.6. The van der Waals surface area contributed by atoms with Gasteiger partial charge in [-0.25, -0.2) is 14.2 Å². The molecule has 0 radical (unpaired) electrons. The maximum absolute atomic E-state index is 17.2. The Morgan fingerprint density at radius 2 is 1.68 bits per heavy atom. The third-order valence-corrected chi connectivity index (χ3v) is 19.3. The van der Waals surface area contributed by atoms with E-state index in [0.717, 1.165) is 121 Å². The van der Waals surface area contributed by atoms with Gasteiger partial charge in [0, 0.05) is 76.1 Å². The highest BCUT2D eigenvalue weighted by Gasteiger charge is 2.51. The Hall–Kier alpha value is -7.29. The van der Waals surface area contributed by atoms with Gasteiger partial charge in [-0.1, -0.05) is 99.4 Å². The lowest BCUT2D eigenvalue weighted by Crippen LogP contribution is -2.50. The van der Waals surface area contributed by atoms with E-state index in [9.17, 15) is 19.5 Å². The number of β-amino-alcohol motifs (C(OH)–C–C–N with tert-alkyl or cyclic N) is 1. The second kappa shape index (κ2) is 24.4. The number of hydrogen-bond acceptors (Lipinski definition) is 16. The number of halogens is 1. The van der Waals surface area contributed by atoms with Crippen molar-refractivity contribution in [3.05, 3.63) is 107 Å². The fraction of sp³-hybridized carbons (Fsp3) is 0.500. The first-order valence-corrected chi connectivity index (χ1v) is 31.1. The SMILES string of the molecule is CCc1cccc2cccc(-c3ncc4c(N5CCCCCC5)nc(OC[C@]56CCCN5[C@H](COC(=O)N5CCN(c7cc([C@H](C(=O)N8C[C@H](O)C[C@H]8C(=O)N[C@@H](C)c8ccc(-c9scnc9C)cc8)C(C)C)on7)CC5)CC6)nc4c3F)c12. The molecule has 20 heteroatoms. The number of aliphatic hydroxyl groups is 1. The summed E-state index contributed by atoms with van der Waals surface area (Å²) in [5.74, 6) is -0.491. The van der Waals surface area contributed by atoms with Gasteiger partial charge in [0.2, 0.25) is 11.8 Å². The van der Waals surface area contributed by atoms with Crippen molar-refractivity contribution in [3.63, 3.8) is 0 Å². The summed E-state index contributed by atoms with van der Waals surface area (Å²) < 4.78 is 35.9. The standard InChI is InChI=1S/C64H76FN11O7S/c1-6-42-14-11-15-44-16-12-17-48(54(42)44)56-55(65)57-49(34-66-56)59(73-25-9-7-8-10-26-73)70-62(69-57)82-37-64-23-13-27-76(64)46(22-24-64)36-81-63(80)74-30-28-72(29-31-74)52-33-51(83-71-52)53(39(2)3)61(79)75-35-47(77)32-50(75)60(78)68-40(4)43-18-20-45(21-19-43)58-41(5)67-38-84-58/h11-12,14-21,33-34,38-40,46-47,50,53,77H,6-10,13,22-32,35-37H2,1-5H3,(H,68,78)/t40-,46-,47+,50-,53+,64+/m0/s1. The van der Waals surface area contributed by atoms with E-state index in [4.69, 9.17) is 28.9 Å². The number of likely N-dealkylation sites (tertiary alicyclic amines) is 1. The zero-order valence-electron chi connectivity index (χ0n) is 48.8. The molecule has 9 heterocycles. The number of aliphatic hydroxyl groups excluding tert-OH is 1. The number of carbonyl (C=O) groups is 3. The molecular weight excluding hydrogens is 1090 g/mol. The molecule has 0 bridgehead atoms. The number of ether oxygens (including phenoxy) is 2. The molecule has 0 saturated carbocycles. The lowest BCUT2D eigenvalue weighted by molar-refractivity contribution is -0.141. The third-order valence-electron chi connectivity index (χ3n) is 18.3. The van der Waals surface area contributed by atoms with Gasteiger partial charge in [-0.05, 0) is 98.7 Å². The number of hydrogen-bond donors (Lipinski definition) is 2. The molecule has 5 aliphatic rings. The van der Waals surface area contributed by atoms with Gasteiger partial charge in [0.25, 0.3) is 0 Å². The average molecular weight is 1160 g/mol. The summed E-state index contributed by atoms with van der Waals surface area (Å²) in [7, 11) is 0. The smallest absolute Gasteiger partial charge is 0.409 e. The molecule has 5 aliphatic heterocycles. The molecule has 3 aromatic carbocycles. The van der Waals surface area contributed by atoms with Crippen LogP contribution in [0, 0.1) is 18.7 Å². The molecule has 5 fully saturated rings. The van der Waals surface area contributed by atoms with E-state index >= 15 is 4.39 Å². The van der Waals surface area contributed by atoms with Crippen LogP contribution in [0.4, 0.5) is 20.8 Å². The Labute approximate surface area is 493 Å². The second-order valence-corrected chi connectivity index (χ2v) is 24.8. The van der Waals surface area contributed by atoms with E-state index in [1.807, 2.05) is 80.6 Å². The summed E-state index contributed by atoms with van der Waals surface area (Å²) in [5, 5.41) is 20.9. The molecule has 4 aromatic heterocycles. The monoisotopic (exact) mass is 1160 g/mol. The third kappa shape index (κ3) is 11.3. The molecule has 6 atom stereocenters. The summed E-state index contributed by atoms with van der Waals surface area (Å²) in [6.07, 6.45) is 9.32. The van der Waals surface area contributed by atoms with Gasteiger partial charge in [-0.15, -0.1) is 11.3 Å². The number of nitrogens with one attached hydrogen (secondary N) is 1. The fourth-order valence-corrected chi connectivity index (χ4v) is 14.6. The predicted molar refractivity (Wildman–Crippen MR) is 322 cm³/mol. The van der Waals surface area contributed by atoms with Crippen molar-refractivity contribution < 1.29 is 37.9 Å². The maximum Gasteiger partial charge on any atom is 0.409 e. The Bertz CT molecular complexity index is 3520. The van der Waals surface area contributed by atoms with Crippen LogP contribution < -0.4 is 19.9 Å². The Kier molecular flexibility index (Phi) is 16.6. The van der Waals surface area contributed by atoms with Crippen LogP contribution in [-0.4, -0.2) is 152 Å². The maximum atomic E-state index is 17.2. The van der Waals surface area contributed by atoms with Gasteiger partial charge < -0.3 is 44.0 Å². The number of fused-ring (bicyclic) bond motifs is 3. The van der Waals surface area contributed by atoms with E-state index in [2.05, 4.69) is 50.4 Å². The van der Waals surface area contributed by atoms with E-state index in [1.165, 1.54) is 4.90 Å². The van der Waals surface area contributed by atoms with Crippen molar-refractivity contribution in [2.75, 3.05) is 75.4 Å². The minimum absolute atomic E-state index is 0.0103. The minimum atomic E-state index is -0.858. The molecule has 84 heavy (non-hydrogen) atoms. The molecule has 0 unspecified atom stereocenters. The van der Waals surface area contributed by atoms with Gasteiger partial charge >= 0.3 is 12.1 Å². The van der Waals surface area contributed by atoms with E-state index in [-0.39, 0.29) is 78.2 Å². The van der Waals surface area contributed by atoms with Crippen LogP contribution in [0.2, 0.25) is 0 Å². The number of aromatic nitrogens is 5. The van der Waals surface area contributed by atoms with Crippen molar-refractivity contribution in [1.29, 1.82) is 0 Å². The molecule has 2 N–H and O–H groups in total. The first kappa shape index (κ1) is 57.2. The highest BCUT2D eigenvalue weighted by Crippen LogP contribution is 2.44. The Balaban J connectivity index is 0.662. The van der Waals surface area contributed by atoms with Crippen LogP contribution in [0.15, 0.2) is 83.0 Å². The Morgan fingerprint density at radius 1 is 0.905 bits per heavy atom. The number of anilines is 2. The molecule has 18 nitrogen and oxygen atoms in total. The molecule has 0 spiro atoms. The summed E-state index contributed by atoms with van der Waals surface area (Å²) >= 11 is 1.58. The summed E-state index contributed by atoms with van der Waals surface area (Å²) in [4.78, 5) is 72.1. The van der Waals surface area contributed by atoms with Gasteiger partial charge in [-0.2, -0.15) is 9.97 Å². The number of carbonyl (C=O) groups excluding carboxylic acids is 3. The molecule has 5 saturated heterocycles. The average Bonchev–Trinajstić information content (AvgIpc) is 4.01. The number of piperazine rings is 1. The van der Waals surface area contributed by atoms with Crippen molar-refractivity contribution in [3.8, 4) is 27.7 Å². The molecule has 3 amide bonds. The molecule has 0 aliphatic carbocycles. The van der Waals surface area contributed by atoms with Crippen LogP contribution in [-0.2, 0) is 20.7 Å². The topological polar surface area (TPSA) is 196 Å². The van der Waals surface area contributed by atoms with E-state index in [1.54, 1.807) is 28.5 Å². The molecule has 12 rings (SSSR count). The van der Waals surface area contributed by atoms with Crippen LogP contribution in [0.1, 0.15) is 120 Å². The predicted octanol–water partition coefficient (Wildman–Crippen LogP) is 10.3. The largest absolute Gasteiger partial charge is 0.461 e. The molecular formula is C64H76FN11O7S. The highest BCUT2D eigenvalue weighted by molar-refractivity contribution is 7.13. The number of thiazole rings is 1. The number of benzene rings is 3. The van der Waals surface area contributed by atoms with Gasteiger partial charge in [0.1, 0.15) is 42.2 Å². The van der Waals surface area contributed by atoms with Crippen molar-refractivity contribution in [2.45, 2.75) is 135 Å².